The van der Waals surface area contributed by atoms with Crippen molar-refractivity contribution in [1.82, 2.24) is 10.2 Å². The summed E-state index contributed by atoms with van der Waals surface area (Å²) in [6.07, 6.45) is 0.849. The van der Waals surface area contributed by atoms with Gasteiger partial charge in [0.15, 0.2) is 11.5 Å². The van der Waals surface area contributed by atoms with Crippen LogP contribution in [0.3, 0.4) is 0 Å². The average molecular weight is 374 g/mol. The molecule has 1 N–H and O–H groups in total. The molecule has 0 saturated carbocycles. The molecule has 1 amide bonds. The van der Waals surface area contributed by atoms with E-state index in [1.165, 1.54) is 5.56 Å². The Morgan fingerprint density at radius 2 is 1.96 bits per heavy atom. The summed E-state index contributed by atoms with van der Waals surface area (Å²) in [5.74, 6) is 1.13. The molecule has 0 radical (unpaired) electrons. The van der Waals surface area contributed by atoms with Crippen molar-refractivity contribution in [3.05, 3.63) is 71.4 Å². The Morgan fingerprint density at radius 1 is 1.14 bits per heavy atom. The molecule has 2 heterocycles. The lowest BCUT2D eigenvalue weighted by Crippen LogP contribution is -2.36. The highest BCUT2D eigenvalue weighted by Crippen LogP contribution is 2.33. The van der Waals surface area contributed by atoms with E-state index in [9.17, 15) is 4.79 Å². The van der Waals surface area contributed by atoms with Gasteiger partial charge in [0, 0.05) is 11.7 Å². The van der Waals surface area contributed by atoms with Gasteiger partial charge in [0.05, 0.1) is 12.8 Å². The Balaban J connectivity index is 1.56. The topological polar surface area (TPSA) is 67.3 Å². The molecule has 6 heteroatoms. The van der Waals surface area contributed by atoms with Gasteiger partial charge in [-0.1, -0.05) is 24.3 Å². The molecule has 1 atom stereocenters. The lowest BCUT2D eigenvalue weighted by Gasteiger charge is -2.22. The number of hydrogen-bond acceptors (Lipinski definition) is 5. The monoisotopic (exact) mass is 374 g/mol. The number of carbonyl (C=O) groups is 1. The lowest BCUT2D eigenvalue weighted by atomic mass is 10.1. The molecule has 0 spiro atoms. The number of aromatic nitrogens is 2. The summed E-state index contributed by atoms with van der Waals surface area (Å²) in [7, 11) is 1.62. The van der Waals surface area contributed by atoms with Gasteiger partial charge in [0.1, 0.15) is 5.75 Å². The summed E-state index contributed by atoms with van der Waals surface area (Å²) < 4.78 is 5.38. The molecule has 4 rings (SSSR count). The summed E-state index contributed by atoms with van der Waals surface area (Å²) in [6.45, 7) is 4.05. The zero-order valence-corrected chi connectivity index (χ0v) is 16.1. The predicted molar refractivity (Wildman–Crippen MR) is 109 cm³/mol. The normalized spacial score (nSPS) is 15.2. The van der Waals surface area contributed by atoms with Crippen LogP contribution < -0.4 is 15.0 Å². The Morgan fingerprint density at radius 3 is 2.71 bits per heavy atom. The minimum Gasteiger partial charge on any atom is -0.495 e. The average Bonchev–Trinajstić information content (AvgIpc) is 3.04. The summed E-state index contributed by atoms with van der Waals surface area (Å²) in [4.78, 5) is 14.8. The second-order valence-corrected chi connectivity index (χ2v) is 6.99. The summed E-state index contributed by atoms with van der Waals surface area (Å²) in [5.41, 5.74) is 4.36. The molecule has 1 aromatic heterocycles. The first kappa shape index (κ1) is 18.0. The van der Waals surface area contributed by atoms with Crippen molar-refractivity contribution in [3.63, 3.8) is 0 Å². The van der Waals surface area contributed by atoms with Gasteiger partial charge in [-0.15, -0.1) is 10.2 Å². The number of amides is 1. The maximum absolute atomic E-state index is 13.0. The van der Waals surface area contributed by atoms with Crippen molar-refractivity contribution in [2.45, 2.75) is 26.3 Å². The fraction of sp³-hybridized carbons (Fsp3) is 0.227. The number of nitrogens with one attached hydrogen (secondary N) is 1. The predicted octanol–water partition coefficient (Wildman–Crippen LogP) is 4.13. The van der Waals surface area contributed by atoms with E-state index in [-0.39, 0.29) is 11.9 Å². The van der Waals surface area contributed by atoms with E-state index in [1.807, 2.05) is 50.2 Å². The van der Waals surface area contributed by atoms with Crippen LogP contribution >= 0.6 is 0 Å². The van der Waals surface area contributed by atoms with Crippen molar-refractivity contribution >= 4 is 23.1 Å². The molecule has 1 unspecified atom stereocenters. The van der Waals surface area contributed by atoms with Crippen LogP contribution in [-0.4, -0.2) is 29.3 Å². The number of benzene rings is 2. The van der Waals surface area contributed by atoms with E-state index in [1.54, 1.807) is 24.1 Å². The van der Waals surface area contributed by atoms with Gasteiger partial charge in [-0.3, -0.25) is 4.79 Å². The summed E-state index contributed by atoms with van der Waals surface area (Å²) in [6, 6.07) is 17.4. The summed E-state index contributed by atoms with van der Waals surface area (Å²) >= 11 is 0. The first-order chi connectivity index (χ1) is 13.6. The third-order valence-electron chi connectivity index (χ3n) is 4.93. The number of nitrogens with zero attached hydrogens (tertiary/aromatic N) is 3. The molecule has 0 saturated heterocycles. The van der Waals surface area contributed by atoms with E-state index >= 15 is 0 Å². The van der Waals surface area contributed by atoms with Gasteiger partial charge >= 0.3 is 0 Å². The number of hydrogen-bond donors (Lipinski definition) is 1. The molecule has 0 aliphatic carbocycles. The molecule has 2 aromatic carbocycles. The molecule has 3 aromatic rings. The van der Waals surface area contributed by atoms with Gasteiger partial charge in [-0.25, -0.2) is 0 Å². The van der Waals surface area contributed by atoms with Crippen LogP contribution in [0.5, 0.6) is 5.75 Å². The smallest absolute Gasteiger partial charge is 0.279 e. The Hall–Kier alpha value is -3.41. The summed E-state index contributed by atoms with van der Waals surface area (Å²) in [5, 5.41) is 11.5. The highest BCUT2D eigenvalue weighted by molar-refractivity contribution is 6.06. The molecule has 6 nitrogen and oxygen atoms in total. The number of fused-ring (bicyclic) bond motifs is 1. The second kappa shape index (κ2) is 7.31. The minimum absolute atomic E-state index is 0.0982. The van der Waals surface area contributed by atoms with Crippen molar-refractivity contribution in [2.75, 3.05) is 17.3 Å². The van der Waals surface area contributed by atoms with Gasteiger partial charge < -0.3 is 15.0 Å². The molecule has 28 heavy (non-hydrogen) atoms. The maximum Gasteiger partial charge on any atom is 0.279 e. The second-order valence-electron chi connectivity index (χ2n) is 6.99. The molecule has 0 fully saturated rings. The van der Waals surface area contributed by atoms with Crippen molar-refractivity contribution in [3.8, 4) is 5.75 Å². The van der Waals surface area contributed by atoms with Crippen LogP contribution in [0.15, 0.2) is 54.6 Å². The molecule has 1 aliphatic rings. The van der Waals surface area contributed by atoms with Crippen LogP contribution in [0.2, 0.25) is 0 Å². The molecular formula is C22H22N4O2. The minimum atomic E-state index is -0.135. The van der Waals surface area contributed by atoms with E-state index in [2.05, 4.69) is 21.6 Å². The largest absolute Gasteiger partial charge is 0.495 e. The zero-order valence-electron chi connectivity index (χ0n) is 16.1. The maximum atomic E-state index is 13.0. The number of carbonyl (C=O) groups excluding carboxylic acids is 1. The third kappa shape index (κ3) is 3.29. The Kier molecular flexibility index (Phi) is 4.69. The number of para-hydroxylation sites is 1. The number of ether oxygens (including phenoxy) is 1. The van der Waals surface area contributed by atoms with Crippen LogP contribution in [-0.2, 0) is 6.42 Å². The van der Waals surface area contributed by atoms with Gasteiger partial charge in [-0.2, -0.15) is 0 Å². The van der Waals surface area contributed by atoms with Crippen LogP contribution in [0.1, 0.15) is 28.5 Å². The fourth-order valence-corrected chi connectivity index (χ4v) is 3.57. The molecular weight excluding hydrogens is 352 g/mol. The highest BCUT2D eigenvalue weighted by Gasteiger charge is 2.32. The number of anilines is 3. The standard InChI is InChI=1S/C22H22N4O2/c1-14-8-10-20(28-3)18(12-14)23-21-11-9-17(24-25-21)22(27)26-15(2)13-16-6-4-5-7-19(16)26/h4-12,15H,13H2,1-3H3,(H,23,25). The quantitative estimate of drug-likeness (QED) is 0.744. The van der Waals surface area contributed by atoms with E-state index in [4.69, 9.17) is 4.74 Å². The van der Waals surface area contributed by atoms with E-state index in [0.29, 0.717) is 11.5 Å². The molecule has 0 bridgehead atoms. The van der Waals surface area contributed by atoms with Crippen LogP contribution in [0.4, 0.5) is 17.2 Å². The number of aryl methyl sites for hydroxylation is 1. The van der Waals surface area contributed by atoms with Crippen LogP contribution in [0, 0.1) is 6.92 Å². The first-order valence-corrected chi connectivity index (χ1v) is 9.23. The molecule has 1 aliphatic heterocycles. The van der Waals surface area contributed by atoms with Crippen molar-refractivity contribution < 1.29 is 9.53 Å². The third-order valence-corrected chi connectivity index (χ3v) is 4.93. The number of rotatable bonds is 4. The van der Waals surface area contributed by atoms with Gasteiger partial charge in [-0.05, 0) is 61.7 Å². The lowest BCUT2D eigenvalue weighted by molar-refractivity contribution is 0.0975. The number of methoxy groups -OCH3 is 1. The fourth-order valence-electron chi connectivity index (χ4n) is 3.57. The SMILES string of the molecule is COc1ccc(C)cc1Nc1ccc(C(=O)N2c3ccccc3CC2C)nn1. The van der Waals surface area contributed by atoms with E-state index in [0.717, 1.165) is 29.1 Å². The zero-order chi connectivity index (χ0) is 19.7. The van der Waals surface area contributed by atoms with Gasteiger partial charge in [0.2, 0.25) is 0 Å². The Bertz CT molecular complexity index is 1020. The van der Waals surface area contributed by atoms with Crippen molar-refractivity contribution in [1.29, 1.82) is 0 Å². The van der Waals surface area contributed by atoms with Gasteiger partial charge in [0.25, 0.3) is 5.91 Å². The molecule has 142 valence electrons. The highest BCUT2D eigenvalue weighted by atomic mass is 16.5. The van der Waals surface area contributed by atoms with E-state index < -0.39 is 0 Å². The van der Waals surface area contributed by atoms with Crippen molar-refractivity contribution in [2.24, 2.45) is 0 Å². The Labute approximate surface area is 164 Å². The first-order valence-electron chi connectivity index (χ1n) is 9.23. The van der Waals surface area contributed by atoms with Crippen LogP contribution in [0.25, 0.3) is 0 Å².